The van der Waals surface area contributed by atoms with Crippen molar-refractivity contribution in [1.29, 1.82) is 0 Å². The van der Waals surface area contributed by atoms with Crippen molar-refractivity contribution >= 4 is 17.7 Å². The fraction of sp³-hybridized carbons (Fsp3) is 0.308. The van der Waals surface area contributed by atoms with Crippen molar-refractivity contribution in [2.75, 3.05) is 18.4 Å². The Morgan fingerprint density at radius 1 is 1.47 bits per heavy atom. The number of pyridine rings is 1. The van der Waals surface area contributed by atoms with Crippen molar-refractivity contribution in [2.45, 2.75) is 13.8 Å². The smallest absolute Gasteiger partial charge is 0.323 e. The highest BCUT2D eigenvalue weighted by Crippen LogP contribution is 2.13. The number of aromatic nitrogens is 1. The van der Waals surface area contributed by atoms with Crippen molar-refractivity contribution in [3.05, 3.63) is 36.2 Å². The number of carboxylic acids is 1. The monoisotopic (exact) mass is 263 g/mol. The number of hydrogen-bond donors (Lipinski definition) is 2. The fourth-order valence-corrected chi connectivity index (χ4v) is 1.55. The Labute approximate surface area is 111 Å². The zero-order valence-electron chi connectivity index (χ0n) is 11.0. The summed E-state index contributed by atoms with van der Waals surface area (Å²) in [5.41, 5.74) is 2.10. The Bertz CT molecular complexity index is 500. The predicted octanol–water partition coefficient (Wildman–Crippen LogP) is 1.80. The van der Waals surface area contributed by atoms with Crippen LogP contribution in [0.15, 0.2) is 24.8 Å². The molecule has 0 spiro atoms. The standard InChI is InChI=1S/C13H17N3O3/c1-4-7-16(8-12(17)18)13(19)15-11-6-5-9(2)14-10(11)3/h4-6H,1,7-8H2,2-3H3,(H,15,19)(H,17,18). The predicted molar refractivity (Wildman–Crippen MR) is 72.1 cm³/mol. The molecule has 0 saturated heterocycles. The van der Waals surface area contributed by atoms with Gasteiger partial charge in [0.2, 0.25) is 0 Å². The van der Waals surface area contributed by atoms with Crippen LogP contribution in [-0.4, -0.2) is 40.1 Å². The van der Waals surface area contributed by atoms with E-state index in [0.717, 1.165) is 10.6 Å². The number of carbonyl (C=O) groups is 2. The number of carboxylic acid groups (broad SMARTS) is 1. The van der Waals surface area contributed by atoms with Gasteiger partial charge in [-0.05, 0) is 26.0 Å². The maximum absolute atomic E-state index is 12.0. The second-order valence-electron chi connectivity index (χ2n) is 4.08. The van der Waals surface area contributed by atoms with Crippen molar-refractivity contribution in [2.24, 2.45) is 0 Å². The molecule has 6 heteroatoms. The van der Waals surface area contributed by atoms with Crippen LogP contribution in [0, 0.1) is 13.8 Å². The van der Waals surface area contributed by atoms with E-state index in [-0.39, 0.29) is 13.1 Å². The summed E-state index contributed by atoms with van der Waals surface area (Å²) in [6, 6.07) is 3.02. The molecule has 6 nitrogen and oxygen atoms in total. The summed E-state index contributed by atoms with van der Waals surface area (Å²) in [5, 5.41) is 11.4. The lowest BCUT2D eigenvalue weighted by molar-refractivity contribution is -0.137. The molecular weight excluding hydrogens is 246 g/mol. The first kappa shape index (κ1) is 14.7. The van der Waals surface area contributed by atoms with E-state index in [4.69, 9.17) is 5.11 Å². The van der Waals surface area contributed by atoms with Gasteiger partial charge >= 0.3 is 12.0 Å². The minimum atomic E-state index is -1.07. The number of aliphatic carboxylic acids is 1. The first-order valence-electron chi connectivity index (χ1n) is 5.77. The highest BCUT2D eigenvalue weighted by molar-refractivity contribution is 5.91. The summed E-state index contributed by atoms with van der Waals surface area (Å²) in [6.45, 7) is 6.91. The van der Waals surface area contributed by atoms with E-state index in [9.17, 15) is 9.59 Å². The first-order chi connectivity index (χ1) is 8.93. The maximum Gasteiger partial charge on any atom is 0.323 e. The van der Waals surface area contributed by atoms with E-state index in [1.54, 1.807) is 19.1 Å². The number of nitrogens with zero attached hydrogens (tertiary/aromatic N) is 2. The number of aryl methyl sites for hydroxylation is 2. The van der Waals surface area contributed by atoms with Crippen LogP contribution in [0.2, 0.25) is 0 Å². The van der Waals surface area contributed by atoms with Crippen molar-refractivity contribution in [3.8, 4) is 0 Å². The average Bonchev–Trinajstić information content (AvgIpc) is 2.31. The third kappa shape index (κ3) is 4.42. The molecule has 0 saturated carbocycles. The Hall–Kier alpha value is -2.37. The number of urea groups is 1. The molecule has 0 atom stereocenters. The summed E-state index contributed by atoms with van der Waals surface area (Å²) in [6.07, 6.45) is 1.47. The molecule has 0 fully saturated rings. The van der Waals surface area contributed by atoms with Gasteiger partial charge in [-0.25, -0.2) is 4.79 Å². The summed E-state index contributed by atoms with van der Waals surface area (Å²) < 4.78 is 0. The van der Waals surface area contributed by atoms with Gasteiger partial charge in [0.25, 0.3) is 0 Å². The van der Waals surface area contributed by atoms with Gasteiger partial charge in [0.05, 0.1) is 11.4 Å². The topological polar surface area (TPSA) is 82.5 Å². The second kappa shape index (κ2) is 6.53. The minimum absolute atomic E-state index is 0.163. The van der Waals surface area contributed by atoms with Gasteiger partial charge in [-0.1, -0.05) is 6.08 Å². The number of amides is 2. The van der Waals surface area contributed by atoms with Crippen molar-refractivity contribution in [3.63, 3.8) is 0 Å². The van der Waals surface area contributed by atoms with Gasteiger partial charge in [0, 0.05) is 12.2 Å². The van der Waals surface area contributed by atoms with Crippen LogP contribution >= 0.6 is 0 Å². The normalized spacial score (nSPS) is 9.79. The molecule has 0 aliphatic rings. The van der Waals surface area contributed by atoms with Crippen molar-refractivity contribution in [1.82, 2.24) is 9.88 Å². The Kier molecular flexibility index (Phi) is 5.05. The Balaban J connectivity index is 2.80. The van der Waals surface area contributed by atoms with Crippen LogP contribution in [0.5, 0.6) is 0 Å². The molecule has 0 bridgehead atoms. The van der Waals surface area contributed by atoms with Crippen LogP contribution in [-0.2, 0) is 4.79 Å². The third-order valence-corrected chi connectivity index (χ3v) is 2.43. The molecule has 19 heavy (non-hydrogen) atoms. The van der Waals surface area contributed by atoms with E-state index in [2.05, 4.69) is 16.9 Å². The summed E-state index contributed by atoms with van der Waals surface area (Å²) in [5.74, 6) is -1.07. The average molecular weight is 263 g/mol. The summed E-state index contributed by atoms with van der Waals surface area (Å²) in [4.78, 5) is 28.0. The maximum atomic E-state index is 12.0. The molecule has 102 valence electrons. The van der Waals surface area contributed by atoms with Crippen LogP contribution < -0.4 is 5.32 Å². The number of carbonyl (C=O) groups excluding carboxylic acids is 1. The molecule has 2 N–H and O–H groups in total. The van der Waals surface area contributed by atoms with Gasteiger partial charge in [-0.2, -0.15) is 0 Å². The minimum Gasteiger partial charge on any atom is -0.480 e. The molecule has 0 radical (unpaired) electrons. The van der Waals surface area contributed by atoms with E-state index in [1.807, 2.05) is 6.92 Å². The van der Waals surface area contributed by atoms with Gasteiger partial charge in [0.1, 0.15) is 6.54 Å². The molecule has 0 aliphatic heterocycles. The quantitative estimate of drug-likeness (QED) is 0.793. The van der Waals surface area contributed by atoms with Crippen LogP contribution in [0.1, 0.15) is 11.4 Å². The fourth-order valence-electron chi connectivity index (χ4n) is 1.55. The number of nitrogens with one attached hydrogen (secondary N) is 1. The van der Waals surface area contributed by atoms with Crippen LogP contribution in [0.25, 0.3) is 0 Å². The largest absolute Gasteiger partial charge is 0.480 e. The number of rotatable bonds is 5. The lowest BCUT2D eigenvalue weighted by Gasteiger charge is -2.20. The lowest BCUT2D eigenvalue weighted by atomic mass is 10.3. The zero-order valence-corrected chi connectivity index (χ0v) is 11.0. The third-order valence-electron chi connectivity index (χ3n) is 2.43. The lowest BCUT2D eigenvalue weighted by Crippen LogP contribution is -2.39. The highest BCUT2D eigenvalue weighted by atomic mass is 16.4. The number of anilines is 1. The Morgan fingerprint density at radius 3 is 2.68 bits per heavy atom. The molecular formula is C13H17N3O3. The SMILES string of the molecule is C=CCN(CC(=O)O)C(=O)Nc1ccc(C)nc1C. The van der Waals surface area contributed by atoms with Gasteiger partial charge in [-0.3, -0.25) is 9.78 Å². The molecule has 1 heterocycles. The Morgan fingerprint density at radius 2 is 2.16 bits per heavy atom. The van der Waals surface area contributed by atoms with E-state index >= 15 is 0 Å². The summed E-state index contributed by atoms with van der Waals surface area (Å²) >= 11 is 0. The van der Waals surface area contributed by atoms with E-state index < -0.39 is 12.0 Å². The number of hydrogen-bond acceptors (Lipinski definition) is 3. The molecule has 0 aromatic carbocycles. The molecule has 1 rings (SSSR count). The van der Waals surface area contributed by atoms with Gasteiger partial charge in [0.15, 0.2) is 0 Å². The van der Waals surface area contributed by atoms with Gasteiger partial charge < -0.3 is 15.3 Å². The molecule has 0 aliphatic carbocycles. The summed E-state index contributed by atoms with van der Waals surface area (Å²) in [7, 11) is 0. The van der Waals surface area contributed by atoms with Crippen molar-refractivity contribution < 1.29 is 14.7 Å². The molecule has 1 aromatic heterocycles. The molecule has 2 amide bonds. The second-order valence-corrected chi connectivity index (χ2v) is 4.08. The van der Waals surface area contributed by atoms with Crippen LogP contribution in [0.4, 0.5) is 10.5 Å². The van der Waals surface area contributed by atoms with E-state index in [0.29, 0.717) is 11.4 Å². The van der Waals surface area contributed by atoms with E-state index in [1.165, 1.54) is 6.08 Å². The molecule has 0 unspecified atom stereocenters. The van der Waals surface area contributed by atoms with Gasteiger partial charge in [-0.15, -0.1) is 6.58 Å². The molecule has 1 aromatic rings. The van der Waals surface area contributed by atoms with Crippen LogP contribution in [0.3, 0.4) is 0 Å². The first-order valence-corrected chi connectivity index (χ1v) is 5.77. The zero-order chi connectivity index (χ0) is 14.4. The highest BCUT2D eigenvalue weighted by Gasteiger charge is 2.16.